The number of hydrogen-bond donors (Lipinski definition) is 2. The van der Waals surface area contributed by atoms with Gasteiger partial charge in [0.15, 0.2) is 0 Å². The summed E-state index contributed by atoms with van der Waals surface area (Å²) < 4.78 is 0. The van der Waals surface area contributed by atoms with Gasteiger partial charge >= 0.3 is 0 Å². The van der Waals surface area contributed by atoms with Crippen molar-refractivity contribution in [1.82, 2.24) is 10.3 Å². The predicted molar refractivity (Wildman–Crippen MR) is 70.1 cm³/mol. The fourth-order valence-electron chi connectivity index (χ4n) is 1.54. The van der Waals surface area contributed by atoms with Crippen LogP contribution in [0, 0.1) is 0 Å². The largest absolute Gasteiger partial charge is 0.506 e. The van der Waals surface area contributed by atoms with Crippen LogP contribution in [0.25, 0.3) is 0 Å². The van der Waals surface area contributed by atoms with Gasteiger partial charge in [0.1, 0.15) is 5.75 Å². The first-order valence-corrected chi connectivity index (χ1v) is 6.52. The second-order valence-electron chi connectivity index (χ2n) is 3.83. The summed E-state index contributed by atoms with van der Waals surface area (Å²) in [5.74, 6) is 0.208. The van der Waals surface area contributed by atoms with Crippen LogP contribution >= 0.6 is 11.3 Å². The molecule has 3 nitrogen and oxygen atoms in total. The Labute approximate surface area is 105 Å². The van der Waals surface area contributed by atoms with Crippen molar-refractivity contribution in [1.29, 1.82) is 0 Å². The van der Waals surface area contributed by atoms with Crippen LogP contribution in [0.15, 0.2) is 30.5 Å². The molecule has 2 heterocycles. The third kappa shape index (κ3) is 3.54. The summed E-state index contributed by atoms with van der Waals surface area (Å²) in [6.45, 7) is 3.76. The van der Waals surface area contributed by atoms with E-state index >= 15 is 0 Å². The molecule has 0 amide bonds. The average molecular weight is 248 g/mol. The Morgan fingerprint density at radius 1 is 1.18 bits per heavy atom. The molecule has 0 atom stereocenters. The third-order valence-corrected chi connectivity index (χ3v) is 3.71. The van der Waals surface area contributed by atoms with Crippen LogP contribution in [-0.2, 0) is 19.5 Å². The summed E-state index contributed by atoms with van der Waals surface area (Å²) in [6.07, 6.45) is 2.57. The maximum absolute atomic E-state index is 9.11. The molecule has 0 saturated heterocycles. The Morgan fingerprint density at radius 3 is 2.65 bits per heavy atom. The lowest BCUT2D eigenvalue weighted by atomic mass is 10.3. The minimum absolute atomic E-state index is 0.208. The van der Waals surface area contributed by atoms with Crippen molar-refractivity contribution in [3.05, 3.63) is 45.9 Å². The highest BCUT2D eigenvalue weighted by Gasteiger charge is 1.99. The van der Waals surface area contributed by atoms with Crippen LogP contribution in [0.5, 0.6) is 5.75 Å². The molecule has 2 rings (SSSR count). The van der Waals surface area contributed by atoms with E-state index in [1.165, 1.54) is 16.0 Å². The van der Waals surface area contributed by atoms with Gasteiger partial charge in [0.25, 0.3) is 0 Å². The molecule has 0 aromatic carbocycles. The topological polar surface area (TPSA) is 45.1 Å². The summed E-state index contributed by atoms with van der Waals surface area (Å²) in [4.78, 5) is 6.89. The van der Waals surface area contributed by atoms with Gasteiger partial charge in [-0.3, -0.25) is 4.98 Å². The third-order valence-electron chi connectivity index (χ3n) is 2.48. The van der Waals surface area contributed by atoms with E-state index in [0.29, 0.717) is 0 Å². The van der Waals surface area contributed by atoms with Gasteiger partial charge in [0.05, 0.1) is 11.9 Å². The van der Waals surface area contributed by atoms with Crippen LogP contribution in [0.4, 0.5) is 0 Å². The van der Waals surface area contributed by atoms with Crippen molar-refractivity contribution in [2.75, 3.05) is 0 Å². The monoisotopic (exact) mass is 248 g/mol. The Balaban J connectivity index is 1.81. The van der Waals surface area contributed by atoms with E-state index in [0.717, 1.165) is 25.2 Å². The molecule has 2 aromatic rings. The van der Waals surface area contributed by atoms with E-state index in [1.807, 2.05) is 17.4 Å². The predicted octanol–water partition coefficient (Wildman–Crippen LogP) is 2.70. The van der Waals surface area contributed by atoms with Gasteiger partial charge in [0, 0.05) is 22.8 Å². The molecule has 0 fully saturated rings. The first-order chi connectivity index (χ1) is 8.28. The van der Waals surface area contributed by atoms with E-state index in [-0.39, 0.29) is 5.75 Å². The van der Waals surface area contributed by atoms with Gasteiger partial charge in [-0.2, -0.15) is 0 Å². The number of thiophene rings is 1. The fourth-order valence-corrected chi connectivity index (χ4v) is 2.47. The van der Waals surface area contributed by atoms with Crippen LogP contribution in [0.1, 0.15) is 22.4 Å². The summed E-state index contributed by atoms with van der Waals surface area (Å²) in [6, 6.07) is 7.83. The number of nitrogens with zero attached hydrogens (tertiary/aromatic N) is 1. The molecule has 0 aliphatic heterocycles. The molecule has 2 aromatic heterocycles. The summed E-state index contributed by atoms with van der Waals surface area (Å²) in [5, 5.41) is 12.4. The molecule has 0 saturated carbocycles. The van der Waals surface area contributed by atoms with Crippen LogP contribution in [0.3, 0.4) is 0 Å². The second-order valence-corrected chi connectivity index (χ2v) is 5.09. The zero-order valence-corrected chi connectivity index (χ0v) is 10.6. The highest BCUT2D eigenvalue weighted by Crippen LogP contribution is 2.16. The first kappa shape index (κ1) is 12.1. The second kappa shape index (κ2) is 5.80. The van der Waals surface area contributed by atoms with Crippen molar-refractivity contribution in [2.24, 2.45) is 0 Å². The number of aromatic hydroxyl groups is 1. The molecule has 17 heavy (non-hydrogen) atoms. The molecule has 2 N–H and O–H groups in total. The van der Waals surface area contributed by atoms with Gasteiger partial charge in [-0.25, -0.2) is 0 Å². The lowest BCUT2D eigenvalue weighted by molar-refractivity contribution is 0.471. The number of rotatable bonds is 5. The average Bonchev–Trinajstić information content (AvgIpc) is 2.80. The van der Waals surface area contributed by atoms with Gasteiger partial charge < -0.3 is 10.4 Å². The van der Waals surface area contributed by atoms with Gasteiger partial charge in [-0.1, -0.05) is 6.92 Å². The quantitative estimate of drug-likeness (QED) is 0.855. The number of hydrogen-bond acceptors (Lipinski definition) is 4. The minimum Gasteiger partial charge on any atom is -0.506 e. The summed E-state index contributed by atoms with van der Waals surface area (Å²) >= 11 is 1.85. The van der Waals surface area contributed by atoms with Crippen molar-refractivity contribution in [3.8, 4) is 5.75 Å². The van der Waals surface area contributed by atoms with E-state index in [2.05, 4.69) is 29.4 Å². The van der Waals surface area contributed by atoms with Gasteiger partial charge in [-0.15, -0.1) is 11.3 Å². The number of nitrogens with one attached hydrogen (secondary N) is 1. The van der Waals surface area contributed by atoms with E-state index < -0.39 is 0 Å². The maximum Gasteiger partial charge on any atom is 0.133 e. The van der Waals surface area contributed by atoms with E-state index in [4.69, 9.17) is 5.11 Å². The Kier molecular flexibility index (Phi) is 4.12. The molecule has 0 aliphatic rings. The Bertz CT molecular complexity index is 465. The van der Waals surface area contributed by atoms with E-state index in [9.17, 15) is 0 Å². The standard InChI is InChI=1S/C13H16N2OS/c1-2-12-5-6-13(17-12)9-14-7-10-3-4-11(16)8-15-10/h3-6,8,14,16H,2,7,9H2,1H3. The SMILES string of the molecule is CCc1ccc(CNCc2ccc(O)cn2)s1. The van der Waals surface area contributed by atoms with Crippen molar-refractivity contribution < 1.29 is 5.11 Å². The molecular weight excluding hydrogens is 232 g/mol. The zero-order chi connectivity index (χ0) is 12.1. The number of aromatic nitrogens is 1. The molecule has 0 unspecified atom stereocenters. The molecule has 4 heteroatoms. The van der Waals surface area contributed by atoms with Gasteiger partial charge in [-0.05, 0) is 30.7 Å². The van der Waals surface area contributed by atoms with Crippen molar-refractivity contribution in [2.45, 2.75) is 26.4 Å². The number of aryl methyl sites for hydroxylation is 1. The van der Waals surface area contributed by atoms with Crippen LogP contribution in [-0.4, -0.2) is 10.1 Å². The molecule has 0 bridgehead atoms. The highest BCUT2D eigenvalue weighted by molar-refractivity contribution is 7.11. The molecule has 90 valence electrons. The van der Waals surface area contributed by atoms with Crippen LogP contribution in [0.2, 0.25) is 0 Å². The van der Waals surface area contributed by atoms with Gasteiger partial charge in [0.2, 0.25) is 0 Å². The van der Waals surface area contributed by atoms with Crippen LogP contribution < -0.4 is 5.32 Å². The fraction of sp³-hybridized carbons (Fsp3) is 0.308. The number of pyridine rings is 1. The van der Waals surface area contributed by atoms with Crippen molar-refractivity contribution in [3.63, 3.8) is 0 Å². The molecule has 0 spiro atoms. The maximum atomic E-state index is 9.11. The molecule has 0 aliphatic carbocycles. The highest BCUT2D eigenvalue weighted by atomic mass is 32.1. The van der Waals surface area contributed by atoms with Crippen molar-refractivity contribution >= 4 is 11.3 Å². The molecular formula is C13H16N2OS. The lowest BCUT2D eigenvalue weighted by Crippen LogP contribution is -2.12. The van der Waals surface area contributed by atoms with E-state index in [1.54, 1.807) is 6.07 Å². The smallest absolute Gasteiger partial charge is 0.133 e. The summed E-state index contributed by atoms with van der Waals surface area (Å²) in [5.41, 5.74) is 0.940. The summed E-state index contributed by atoms with van der Waals surface area (Å²) in [7, 11) is 0. The normalized spacial score (nSPS) is 10.6. The first-order valence-electron chi connectivity index (χ1n) is 5.70. The Hall–Kier alpha value is -1.39. The Morgan fingerprint density at radius 2 is 2.00 bits per heavy atom. The minimum atomic E-state index is 0.208. The molecule has 0 radical (unpaired) electrons. The zero-order valence-electron chi connectivity index (χ0n) is 9.81. The lowest BCUT2D eigenvalue weighted by Gasteiger charge is -2.02.